The third kappa shape index (κ3) is 5.65. The van der Waals surface area contributed by atoms with Crippen molar-refractivity contribution in [1.82, 2.24) is 14.5 Å². The number of carbonyl (C=O) groups is 2. The zero-order chi connectivity index (χ0) is 23.3. The summed E-state index contributed by atoms with van der Waals surface area (Å²) >= 11 is 1.37. The molecule has 32 heavy (non-hydrogen) atoms. The Hall–Kier alpha value is -1.62. The third-order valence-corrected chi connectivity index (χ3v) is 9.27. The first-order valence-electron chi connectivity index (χ1n) is 11.4. The molecule has 0 aromatic heterocycles. The van der Waals surface area contributed by atoms with Crippen molar-refractivity contribution in [3.63, 3.8) is 0 Å². The van der Waals surface area contributed by atoms with Gasteiger partial charge < -0.3 is 10.2 Å². The molecule has 8 nitrogen and oxygen atoms in total. The van der Waals surface area contributed by atoms with E-state index in [1.807, 2.05) is 0 Å². The Morgan fingerprint density at radius 3 is 2.69 bits per heavy atom. The van der Waals surface area contributed by atoms with Crippen LogP contribution in [0.3, 0.4) is 0 Å². The van der Waals surface area contributed by atoms with Gasteiger partial charge in [-0.2, -0.15) is 4.31 Å². The quantitative estimate of drug-likeness (QED) is 0.580. The normalized spacial score (nSPS) is 19.8. The maximum atomic E-state index is 12.9. The van der Waals surface area contributed by atoms with Crippen LogP contribution in [0.15, 0.2) is 28.0 Å². The summed E-state index contributed by atoms with van der Waals surface area (Å²) in [6.45, 7) is 8.79. The molecule has 10 heteroatoms. The first-order chi connectivity index (χ1) is 15.3. The van der Waals surface area contributed by atoms with Crippen molar-refractivity contribution in [2.24, 2.45) is 0 Å². The summed E-state index contributed by atoms with van der Waals surface area (Å²) in [7, 11) is -3.66. The predicted molar refractivity (Wildman–Crippen MR) is 128 cm³/mol. The molecule has 1 N–H and O–H groups in total. The van der Waals surface area contributed by atoms with E-state index in [-0.39, 0.29) is 29.0 Å². The van der Waals surface area contributed by atoms with E-state index in [9.17, 15) is 18.0 Å². The fourth-order valence-corrected chi connectivity index (χ4v) is 6.65. The zero-order valence-corrected chi connectivity index (χ0v) is 20.8. The van der Waals surface area contributed by atoms with E-state index in [1.165, 1.54) is 46.3 Å². The number of thioether (sulfide) groups is 1. The minimum absolute atomic E-state index is 0.114. The van der Waals surface area contributed by atoms with Crippen LogP contribution < -0.4 is 10.2 Å². The predicted octanol–water partition coefficient (Wildman–Crippen LogP) is 2.15. The van der Waals surface area contributed by atoms with Crippen LogP contribution in [0, 0.1) is 0 Å². The van der Waals surface area contributed by atoms with Crippen molar-refractivity contribution in [2.75, 3.05) is 49.9 Å². The van der Waals surface area contributed by atoms with Crippen molar-refractivity contribution in [3.8, 4) is 0 Å². The molecule has 2 amide bonds. The van der Waals surface area contributed by atoms with Gasteiger partial charge in [0, 0.05) is 37.1 Å². The summed E-state index contributed by atoms with van der Waals surface area (Å²) in [5, 5.41) is 2.92. The molecule has 2 aliphatic rings. The Balaban J connectivity index is 1.70. The smallest absolute Gasteiger partial charge is 0.243 e. The van der Waals surface area contributed by atoms with Crippen LogP contribution in [0.1, 0.15) is 40.0 Å². The van der Waals surface area contributed by atoms with Crippen LogP contribution in [0.2, 0.25) is 0 Å². The highest BCUT2D eigenvalue weighted by atomic mass is 32.2. The van der Waals surface area contributed by atoms with E-state index in [0.717, 1.165) is 18.0 Å². The fourth-order valence-electron chi connectivity index (χ4n) is 4.26. The summed E-state index contributed by atoms with van der Waals surface area (Å²) in [5.74, 6) is -0.203. The summed E-state index contributed by atoms with van der Waals surface area (Å²) in [6.07, 6.45) is 3.63. The molecule has 0 bridgehead atoms. The molecular formula is C22H34N4O4S2. The van der Waals surface area contributed by atoms with E-state index < -0.39 is 10.0 Å². The SMILES string of the molecule is CCN(CC)S(=O)(=O)c1ccc2c(c1)N(CC(=O)NCCN1CCCC[C@@H]1C)C(=O)CS2. The monoisotopic (exact) mass is 482 g/mol. The Morgan fingerprint density at radius 1 is 1.25 bits per heavy atom. The van der Waals surface area contributed by atoms with Gasteiger partial charge in [0.25, 0.3) is 0 Å². The maximum Gasteiger partial charge on any atom is 0.243 e. The summed E-state index contributed by atoms with van der Waals surface area (Å²) in [6, 6.07) is 5.36. The molecule has 3 rings (SSSR count). The number of fused-ring (bicyclic) bond motifs is 1. The third-order valence-electron chi connectivity index (χ3n) is 6.18. The van der Waals surface area contributed by atoms with Crippen molar-refractivity contribution in [2.45, 2.75) is 55.9 Å². The van der Waals surface area contributed by atoms with Crippen LogP contribution in [0.5, 0.6) is 0 Å². The van der Waals surface area contributed by atoms with Crippen molar-refractivity contribution < 1.29 is 18.0 Å². The molecule has 0 saturated carbocycles. The van der Waals surface area contributed by atoms with Gasteiger partial charge in [-0.15, -0.1) is 11.8 Å². The number of benzene rings is 1. The van der Waals surface area contributed by atoms with Crippen LogP contribution in [-0.2, 0) is 19.6 Å². The lowest BCUT2D eigenvalue weighted by molar-refractivity contribution is -0.123. The van der Waals surface area contributed by atoms with Crippen LogP contribution >= 0.6 is 11.8 Å². The molecule has 1 atom stereocenters. The summed E-state index contributed by atoms with van der Waals surface area (Å²) < 4.78 is 27.3. The number of anilines is 1. The standard InChI is InChI=1S/C22H34N4O4S2/c1-4-25(5-2)32(29,30)18-9-10-20-19(14-18)26(22(28)16-31-20)15-21(27)23-11-13-24-12-7-6-8-17(24)3/h9-10,14,17H,4-8,11-13,15-16H2,1-3H3,(H,23,27)/t17-/m0/s1. The van der Waals surface area contributed by atoms with Gasteiger partial charge in [-0.25, -0.2) is 8.42 Å². The summed E-state index contributed by atoms with van der Waals surface area (Å²) in [4.78, 5) is 30.0. The minimum atomic E-state index is -3.66. The number of rotatable bonds is 9. The highest BCUT2D eigenvalue weighted by molar-refractivity contribution is 8.00. The number of amides is 2. The fraction of sp³-hybridized carbons (Fsp3) is 0.636. The maximum absolute atomic E-state index is 12.9. The van der Waals surface area contributed by atoms with Crippen LogP contribution in [-0.4, -0.2) is 80.5 Å². The average molecular weight is 483 g/mol. The number of carbonyl (C=O) groups excluding carboxylic acids is 2. The van der Waals surface area contributed by atoms with Gasteiger partial charge in [0.05, 0.1) is 16.3 Å². The molecular weight excluding hydrogens is 448 g/mol. The Kier molecular flexibility index (Phi) is 8.60. The lowest BCUT2D eigenvalue weighted by Gasteiger charge is -2.33. The second kappa shape index (κ2) is 11.0. The lowest BCUT2D eigenvalue weighted by Crippen LogP contribution is -2.46. The number of hydrogen-bond donors (Lipinski definition) is 1. The Labute approximate surface area is 195 Å². The van der Waals surface area contributed by atoms with Crippen molar-refractivity contribution in [3.05, 3.63) is 18.2 Å². The average Bonchev–Trinajstić information content (AvgIpc) is 2.77. The number of sulfonamides is 1. The Morgan fingerprint density at radius 2 is 2.00 bits per heavy atom. The first-order valence-corrected chi connectivity index (χ1v) is 13.8. The van der Waals surface area contributed by atoms with E-state index >= 15 is 0 Å². The minimum Gasteiger partial charge on any atom is -0.353 e. The largest absolute Gasteiger partial charge is 0.353 e. The molecule has 178 valence electrons. The highest BCUT2D eigenvalue weighted by Crippen LogP contribution is 2.37. The van der Waals surface area contributed by atoms with Crippen LogP contribution in [0.25, 0.3) is 0 Å². The molecule has 2 heterocycles. The van der Waals surface area contributed by atoms with E-state index in [0.29, 0.717) is 31.4 Å². The lowest BCUT2D eigenvalue weighted by atomic mass is 10.0. The van der Waals surface area contributed by atoms with Gasteiger partial charge in [-0.3, -0.25) is 14.5 Å². The number of likely N-dealkylation sites (tertiary alicyclic amines) is 1. The van der Waals surface area contributed by atoms with Gasteiger partial charge in [-0.05, 0) is 44.5 Å². The molecule has 0 radical (unpaired) electrons. The van der Waals surface area contributed by atoms with Gasteiger partial charge >= 0.3 is 0 Å². The zero-order valence-electron chi connectivity index (χ0n) is 19.2. The van der Waals surface area contributed by atoms with E-state index in [4.69, 9.17) is 0 Å². The van der Waals surface area contributed by atoms with Gasteiger partial charge in [0.15, 0.2) is 0 Å². The molecule has 1 aromatic carbocycles. The van der Waals surface area contributed by atoms with E-state index in [2.05, 4.69) is 17.1 Å². The first kappa shape index (κ1) is 25.0. The molecule has 2 aliphatic heterocycles. The molecule has 1 saturated heterocycles. The number of piperidine rings is 1. The Bertz CT molecular complexity index is 934. The number of nitrogens with one attached hydrogen (secondary N) is 1. The van der Waals surface area contributed by atoms with Crippen molar-refractivity contribution >= 4 is 39.3 Å². The molecule has 0 aliphatic carbocycles. The van der Waals surface area contributed by atoms with Gasteiger partial charge in [0.2, 0.25) is 21.8 Å². The van der Waals surface area contributed by atoms with Crippen LogP contribution in [0.4, 0.5) is 5.69 Å². The number of hydrogen-bond acceptors (Lipinski definition) is 6. The number of nitrogens with zero attached hydrogens (tertiary/aromatic N) is 3. The highest BCUT2D eigenvalue weighted by Gasteiger charge is 2.30. The second-order valence-electron chi connectivity index (χ2n) is 8.22. The molecule has 1 aromatic rings. The van der Waals surface area contributed by atoms with Crippen molar-refractivity contribution in [1.29, 1.82) is 0 Å². The molecule has 1 fully saturated rings. The molecule has 0 spiro atoms. The second-order valence-corrected chi connectivity index (χ2v) is 11.2. The molecule has 0 unspecified atom stereocenters. The van der Waals surface area contributed by atoms with Gasteiger partial charge in [-0.1, -0.05) is 20.3 Å². The topological polar surface area (TPSA) is 90.0 Å². The van der Waals surface area contributed by atoms with Gasteiger partial charge in [0.1, 0.15) is 6.54 Å². The van der Waals surface area contributed by atoms with E-state index in [1.54, 1.807) is 26.0 Å². The summed E-state index contributed by atoms with van der Waals surface area (Å²) in [5.41, 5.74) is 0.485.